The summed E-state index contributed by atoms with van der Waals surface area (Å²) < 4.78 is 3.76. The Hall–Kier alpha value is -1.50. The van der Waals surface area contributed by atoms with Crippen LogP contribution in [0.15, 0.2) is 27.6 Å². The van der Waals surface area contributed by atoms with Gasteiger partial charge in [-0.1, -0.05) is 12.8 Å². The van der Waals surface area contributed by atoms with Gasteiger partial charge in [-0.3, -0.25) is 4.98 Å². The van der Waals surface area contributed by atoms with E-state index in [0.717, 1.165) is 35.8 Å². The van der Waals surface area contributed by atoms with Gasteiger partial charge in [-0.25, -0.2) is 4.79 Å². The summed E-state index contributed by atoms with van der Waals surface area (Å²) in [7, 11) is 0. The van der Waals surface area contributed by atoms with Gasteiger partial charge in [-0.05, 0) is 51.3 Å². The molecular formula is C12H14BrN5O. The van der Waals surface area contributed by atoms with Gasteiger partial charge in [-0.2, -0.15) is 9.36 Å². The number of nitrogens with zero attached hydrogens (tertiary/aromatic N) is 5. The van der Waals surface area contributed by atoms with E-state index in [-0.39, 0.29) is 11.7 Å². The van der Waals surface area contributed by atoms with Gasteiger partial charge in [0, 0.05) is 10.7 Å². The van der Waals surface area contributed by atoms with Crippen molar-refractivity contribution >= 4 is 15.9 Å². The molecular weight excluding hydrogens is 310 g/mol. The number of tetrazole rings is 1. The third-order valence-corrected chi connectivity index (χ3v) is 4.19. The van der Waals surface area contributed by atoms with Crippen molar-refractivity contribution in [2.75, 3.05) is 0 Å². The fraction of sp³-hybridized carbons (Fsp3) is 0.500. The van der Waals surface area contributed by atoms with Gasteiger partial charge >= 0.3 is 5.69 Å². The zero-order valence-electron chi connectivity index (χ0n) is 10.4. The van der Waals surface area contributed by atoms with Crippen LogP contribution in [0.3, 0.4) is 0 Å². The molecule has 1 aliphatic rings. The molecule has 1 fully saturated rings. The lowest BCUT2D eigenvalue weighted by Gasteiger charge is -2.05. The Labute approximate surface area is 118 Å². The maximum Gasteiger partial charge on any atom is 0.364 e. The van der Waals surface area contributed by atoms with Crippen molar-refractivity contribution in [1.29, 1.82) is 0 Å². The van der Waals surface area contributed by atoms with Gasteiger partial charge in [0.25, 0.3) is 0 Å². The summed E-state index contributed by atoms with van der Waals surface area (Å²) in [6, 6.07) is 3.95. The first kappa shape index (κ1) is 12.5. The number of pyridine rings is 1. The van der Waals surface area contributed by atoms with Crippen LogP contribution >= 0.6 is 15.9 Å². The molecule has 0 aromatic carbocycles. The van der Waals surface area contributed by atoms with Crippen LogP contribution in [0.4, 0.5) is 0 Å². The monoisotopic (exact) mass is 323 g/mol. The van der Waals surface area contributed by atoms with Crippen molar-refractivity contribution in [3.63, 3.8) is 0 Å². The minimum atomic E-state index is -0.149. The molecule has 0 radical (unpaired) electrons. The van der Waals surface area contributed by atoms with E-state index in [4.69, 9.17) is 0 Å². The van der Waals surface area contributed by atoms with Gasteiger partial charge in [0.2, 0.25) is 0 Å². The molecule has 0 aliphatic heterocycles. The Morgan fingerprint density at radius 2 is 2.11 bits per heavy atom. The molecule has 7 heteroatoms. The maximum absolute atomic E-state index is 12.2. The van der Waals surface area contributed by atoms with Gasteiger partial charge < -0.3 is 0 Å². The lowest BCUT2D eigenvalue weighted by Crippen LogP contribution is -2.28. The number of hydrogen-bond donors (Lipinski definition) is 0. The summed E-state index contributed by atoms with van der Waals surface area (Å²) in [5.74, 6) is 0. The normalized spacial score (nSPS) is 16.1. The van der Waals surface area contributed by atoms with Crippen LogP contribution in [0.1, 0.15) is 37.4 Å². The van der Waals surface area contributed by atoms with Crippen LogP contribution in [0.5, 0.6) is 0 Å². The Balaban J connectivity index is 1.86. The smallest absolute Gasteiger partial charge is 0.258 e. The highest BCUT2D eigenvalue weighted by atomic mass is 79.9. The highest BCUT2D eigenvalue weighted by molar-refractivity contribution is 9.10. The number of aromatic nitrogens is 5. The second-order valence-corrected chi connectivity index (χ2v) is 5.59. The summed E-state index contributed by atoms with van der Waals surface area (Å²) in [4.78, 5) is 16.5. The molecule has 2 aromatic rings. The average molecular weight is 324 g/mol. The highest BCUT2D eigenvalue weighted by Crippen LogP contribution is 2.27. The summed E-state index contributed by atoms with van der Waals surface area (Å²) in [5.41, 5.74) is 0.632. The summed E-state index contributed by atoms with van der Waals surface area (Å²) in [6.07, 6.45) is 6.07. The quantitative estimate of drug-likeness (QED) is 0.863. The zero-order chi connectivity index (χ0) is 13.2. The van der Waals surface area contributed by atoms with E-state index in [1.165, 1.54) is 9.36 Å². The van der Waals surface area contributed by atoms with E-state index in [9.17, 15) is 4.79 Å². The highest BCUT2D eigenvalue weighted by Gasteiger charge is 2.21. The maximum atomic E-state index is 12.2. The number of rotatable bonds is 3. The molecule has 6 nitrogen and oxygen atoms in total. The third-order valence-electron chi connectivity index (χ3n) is 3.47. The Morgan fingerprint density at radius 1 is 1.32 bits per heavy atom. The van der Waals surface area contributed by atoms with Crippen LogP contribution in [-0.2, 0) is 6.54 Å². The van der Waals surface area contributed by atoms with Crippen molar-refractivity contribution in [2.45, 2.75) is 38.3 Å². The number of hydrogen-bond acceptors (Lipinski definition) is 4. The van der Waals surface area contributed by atoms with Gasteiger partial charge in [0.05, 0.1) is 18.3 Å². The first-order valence-corrected chi connectivity index (χ1v) is 7.16. The fourth-order valence-corrected chi connectivity index (χ4v) is 2.82. The van der Waals surface area contributed by atoms with Crippen LogP contribution < -0.4 is 5.69 Å². The molecule has 0 spiro atoms. The molecule has 0 bridgehead atoms. The van der Waals surface area contributed by atoms with Crippen LogP contribution in [0.25, 0.3) is 0 Å². The van der Waals surface area contributed by atoms with E-state index in [1.54, 1.807) is 6.20 Å². The molecule has 2 aromatic heterocycles. The van der Waals surface area contributed by atoms with Gasteiger partial charge in [0.15, 0.2) is 0 Å². The third kappa shape index (κ3) is 2.47. The lowest BCUT2D eigenvalue weighted by molar-refractivity contribution is 0.441. The Morgan fingerprint density at radius 3 is 2.84 bits per heavy atom. The Bertz CT molecular complexity index is 629. The Kier molecular flexibility index (Phi) is 3.46. The fourth-order valence-electron chi connectivity index (χ4n) is 2.44. The molecule has 0 N–H and O–H groups in total. The molecule has 1 aliphatic carbocycles. The van der Waals surface area contributed by atoms with Crippen molar-refractivity contribution < 1.29 is 0 Å². The predicted octanol–water partition coefficient (Wildman–Crippen LogP) is 1.76. The predicted molar refractivity (Wildman–Crippen MR) is 72.8 cm³/mol. The van der Waals surface area contributed by atoms with Crippen molar-refractivity contribution in [3.05, 3.63) is 39.0 Å². The second kappa shape index (κ2) is 5.24. The van der Waals surface area contributed by atoms with Crippen LogP contribution in [-0.4, -0.2) is 24.8 Å². The van der Waals surface area contributed by atoms with E-state index < -0.39 is 0 Å². The van der Waals surface area contributed by atoms with E-state index in [1.807, 2.05) is 12.1 Å². The van der Waals surface area contributed by atoms with E-state index in [2.05, 4.69) is 31.3 Å². The molecule has 0 amide bonds. The molecule has 19 heavy (non-hydrogen) atoms. The molecule has 100 valence electrons. The molecule has 3 rings (SSSR count). The first-order valence-electron chi connectivity index (χ1n) is 6.37. The summed E-state index contributed by atoms with van der Waals surface area (Å²) in [5, 5.41) is 7.95. The van der Waals surface area contributed by atoms with Crippen LogP contribution in [0, 0.1) is 0 Å². The van der Waals surface area contributed by atoms with Crippen molar-refractivity contribution in [2.24, 2.45) is 0 Å². The SMILES string of the molecule is O=c1n(Cc2ncccc2Br)nnn1C1CCCC1. The van der Waals surface area contributed by atoms with Gasteiger partial charge in [0.1, 0.15) is 0 Å². The first-order chi connectivity index (χ1) is 9.25. The molecule has 0 saturated heterocycles. The molecule has 1 saturated carbocycles. The largest absolute Gasteiger partial charge is 0.364 e. The van der Waals surface area contributed by atoms with Crippen molar-refractivity contribution in [3.8, 4) is 0 Å². The van der Waals surface area contributed by atoms with Crippen LogP contribution in [0.2, 0.25) is 0 Å². The van der Waals surface area contributed by atoms with Crippen molar-refractivity contribution in [1.82, 2.24) is 24.8 Å². The second-order valence-electron chi connectivity index (χ2n) is 4.73. The minimum Gasteiger partial charge on any atom is -0.258 e. The molecule has 2 heterocycles. The summed E-state index contributed by atoms with van der Waals surface area (Å²) in [6.45, 7) is 0.340. The molecule has 0 unspecified atom stereocenters. The average Bonchev–Trinajstić information content (AvgIpc) is 3.03. The number of halogens is 1. The topological polar surface area (TPSA) is 65.6 Å². The minimum absolute atomic E-state index is 0.149. The zero-order valence-corrected chi connectivity index (χ0v) is 12.0. The standard InChI is InChI=1S/C12H14BrN5O/c13-10-6-3-7-14-11(10)8-17-12(19)18(16-15-17)9-4-1-2-5-9/h3,6-7,9H,1-2,4-5,8H2. The van der Waals surface area contributed by atoms with E-state index in [0.29, 0.717) is 6.54 Å². The van der Waals surface area contributed by atoms with E-state index >= 15 is 0 Å². The molecule has 0 atom stereocenters. The lowest BCUT2D eigenvalue weighted by atomic mass is 10.3. The van der Waals surface area contributed by atoms with Gasteiger partial charge in [-0.15, -0.1) is 0 Å². The summed E-state index contributed by atoms with van der Waals surface area (Å²) >= 11 is 3.42.